The van der Waals surface area contributed by atoms with Crippen LogP contribution in [0.25, 0.3) is 0 Å². The summed E-state index contributed by atoms with van der Waals surface area (Å²) in [5, 5.41) is 10.3. The van der Waals surface area contributed by atoms with Gasteiger partial charge < -0.3 is 14.6 Å². The zero-order chi connectivity index (χ0) is 13.3. The number of aliphatic hydroxyl groups is 1. The van der Waals surface area contributed by atoms with Gasteiger partial charge >= 0.3 is 0 Å². The highest BCUT2D eigenvalue weighted by atomic mass is 16.5. The van der Waals surface area contributed by atoms with E-state index in [0.717, 1.165) is 5.56 Å². The maximum absolute atomic E-state index is 12.1. The van der Waals surface area contributed by atoms with Crippen LogP contribution >= 0.6 is 0 Å². The second kappa shape index (κ2) is 4.61. The maximum atomic E-state index is 12.1. The van der Waals surface area contributed by atoms with Crippen LogP contribution < -0.4 is 9.47 Å². The Morgan fingerprint density at radius 3 is 2.56 bits per heavy atom. The van der Waals surface area contributed by atoms with E-state index in [2.05, 4.69) is 0 Å². The number of hydrogen-bond acceptors (Lipinski definition) is 4. The van der Waals surface area contributed by atoms with Crippen molar-refractivity contribution < 1.29 is 19.4 Å². The number of fused-ring (bicyclic) bond motifs is 1. The lowest BCUT2D eigenvalue weighted by molar-refractivity contribution is 0.0227. The molecule has 0 heterocycles. The summed E-state index contributed by atoms with van der Waals surface area (Å²) in [5.74, 6) is 1.14. The number of hydrogen-bond donors (Lipinski definition) is 1. The predicted molar refractivity (Wildman–Crippen MR) is 67.4 cm³/mol. The fourth-order valence-corrected chi connectivity index (χ4v) is 2.39. The molecule has 18 heavy (non-hydrogen) atoms. The lowest BCUT2D eigenvalue weighted by atomic mass is 9.78. The SMILES string of the molecule is CCC1(O)CC(=O)c2cc(OC)cc(OC)c2C1. The van der Waals surface area contributed by atoms with E-state index in [1.54, 1.807) is 26.4 Å². The van der Waals surface area contributed by atoms with E-state index in [9.17, 15) is 9.90 Å². The molecule has 1 aliphatic rings. The van der Waals surface area contributed by atoms with Crippen LogP contribution in [0.2, 0.25) is 0 Å². The molecule has 0 amide bonds. The van der Waals surface area contributed by atoms with E-state index >= 15 is 0 Å². The summed E-state index contributed by atoms with van der Waals surface area (Å²) in [6.07, 6.45) is 1.15. The molecule has 0 saturated heterocycles. The summed E-state index contributed by atoms with van der Waals surface area (Å²) in [5.41, 5.74) is 0.426. The largest absolute Gasteiger partial charge is 0.497 e. The van der Waals surface area contributed by atoms with Gasteiger partial charge in [0, 0.05) is 30.0 Å². The zero-order valence-electron chi connectivity index (χ0n) is 10.9. The molecular weight excluding hydrogens is 232 g/mol. The fourth-order valence-electron chi connectivity index (χ4n) is 2.39. The third-order valence-electron chi connectivity index (χ3n) is 3.59. The molecule has 1 atom stereocenters. The third-order valence-corrected chi connectivity index (χ3v) is 3.59. The number of ether oxygens (including phenoxy) is 2. The van der Waals surface area contributed by atoms with Gasteiger partial charge in [0.25, 0.3) is 0 Å². The van der Waals surface area contributed by atoms with E-state index in [1.165, 1.54) is 0 Å². The number of ketones is 1. The number of methoxy groups -OCH3 is 2. The Kier molecular flexibility index (Phi) is 3.30. The van der Waals surface area contributed by atoms with Crippen molar-refractivity contribution >= 4 is 5.78 Å². The standard InChI is InChI=1S/C14H18O4/c1-4-14(16)7-11-10(12(15)8-14)5-9(17-2)6-13(11)18-3/h5-6,16H,4,7-8H2,1-3H3. The van der Waals surface area contributed by atoms with Gasteiger partial charge in [0.15, 0.2) is 5.78 Å². The average molecular weight is 250 g/mol. The fraction of sp³-hybridized carbons (Fsp3) is 0.500. The summed E-state index contributed by atoms with van der Waals surface area (Å²) >= 11 is 0. The molecule has 0 aromatic heterocycles. The van der Waals surface area contributed by atoms with Crippen LogP contribution in [-0.4, -0.2) is 30.7 Å². The third kappa shape index (κ3) is 2.08. The van der Waals surface area contributed by atoms with Gasteiger partial charge in [-0.1, -0.05) is 6.92 Å². The Balaban J connectivity index is 2.55. The lowest BCUT2D eigenvalue weighted by Gasteiger charge is -2.32. The van der Waals surface area contributed by atoms with Crippen molar-refractivity contribution in [1.82, 2.24) is 0 Å². The summed E-state index contributed by atoms with van der Waals surface area (Å²) in [6, 6.07) is 3.46. The monoisotopic (exact) mass is 250 g/mol. The molecule has 0 fully saturated rings. The van der Waals surface area contributed by atoms with E-state index in [-0.39, 0.29) is 12.2 Å². The van der Waals surface area contributed by atoms with Crippen LogP contribution in [-0.2, 0) is 6.42 Å². The first-order valence-corrected chi connectivity index (χ1v) is 6.03. The minimum Gasteiger partial charge on any atom is -0.497 e. The molecule has 1 N–H and O–H groups in total. The van der Waals surface area contributed by atoms with Crippen molar-refractivity contribution in [3.8, 4) is 11.5 Å². The van der Waals surface area contributed by atoms with Gasteiger partial charge in [0.2, 0.25) is 0 Å². The molecule has 4 nitrogen and oxygen atoms in total. The van der Waals surface area contributed by atoms with Crippen molar-refractivity contribution in [3.05, 3.63) is 23.3 Å². The molecule has 4 heteroatoms. The molecule has 98 valence electrons. The molecule has 0 radical (unpaired) electrons. The summed E-state index contributed by atoms with van der Waals surface area (Å²) < 4.78 is 10.5. The average Bonchev–Trinajstić information content (AvgIpc) is 2.38. The van der Waals surface area contributed by atoms with Crippen LogP contribution in [0.1, 0.15) is 35.7 Å². The van der Waals surface area contributed by atoms with Gasteiger partial charge in [-0.25, -0.2) is 0 Å². The highest BCUT2D eigenvalue weighted by molar-refractivity contribution is 6.00. The van der Waals surface area contributed by atoms with Crippen LogP contribution in [0.5, 0.6) is 11.5 Å². The zero-order valence-corrected chi connectivity index (χ0v) is 10.9. The van der Waals surface area contributed by atoms with Crippen LogP contribution in [0.3, 0.4) is 0 Å². The summed E-state index contributed by atoms with van der Waals surface area (Å²) in [7, 11) is 3.11. The first kappa shape index (κ1) is 12.9. The number of carbonyl (C=O) groups is 1. The van der Waals surface area contributed by atoms with Gasteiger partial charge in [0.05, 0.1) is 19.8 Å². The van der Waals surface area contributed by atoms with Crippen molar-refractivity contribution in [1.29, 1.82) is 0 Å². The van der Waals surface area contributed by atoms with Crippen molar-refractivity contribution in [2.24, 2.45) is 0 Å². The molecule has 0 bridgehead atoms. The van der Waals surface area contributed by atoms with Gasteiger partial charge in [-0.05, 0) is 12.5 Å². The van der Waals surface area contributed by atoms with Gasteiger partial charge in [-0.15, -0.1) is 0 Å². The minimum absolute atomic E-state index is 0.0576. The van der Waals surface area contributed by atoms with Crippen molar-refractivity contribution in [2.75, 3.05) is 14.2 Å². The Morgan fingerprint density at radius 2 is 2.00 bits per heavy atom. The van der Waals surface area contributed by atoms with E-state index in [0.29, 0.717) is 29.9 Å². The molecule has 1 aromatic rings. The van der Waals surface area contributed by atoms with E-state index in [1.807, 2.05) is 6.92 Å². The second-order valence-corrected chi connectivity index (χ2v) is 4.71. The van der Waals surface area contributed by atoms with Crippen molar-refractivity contribution in [2.45, 2.75) is 31.8 Å². The minimum atomic E-state index is -0.952. The molecule has 0 spiro atoms. The Hall–Kier alpha value is -1.55. The lowest BCUT2D eigenvalue weighted by Crippen LogP contribution is -2.38. The molecule has 0 aliphatic heterocycles. The van der Waals surface area contributed by atoms with Gasteiger partial charge in [-0.3, -0.25) is 4.79 Å². The molecule has 1 aliphatic carbocycles. The Bertz CT molecular complexity index is 481. The van der Waals surface area contributed by atoms with E-state index < -0.39 is 5.60 Å². The first-order chi connectivity index (χ1) is 8.53. The number of benzene rings is 1. The highest BCUT2D eigenvalue weighted by Gasteiger charge is 2.37. The summed E-state index contributed by atoms with van der Waals surface area (Å²) in [6.45, 7) is 1.88. The van der Waals surface area contributed by atoms with Gasteiger partial charge in [0.1, 0.15) is 11.5 Å². The molecule has 1 unspecified atom stereocenters. The maximum Gasteiger partial charge on any atom is 0.166 e. The number of rotatable bonds is 3. The molecule has 2 rings (SSSR count). The second-order valence-electron chi connectivity index (χ2n) is 4.71. The first-order valence-electron chi connectivity index (χ1n) is 6.03. The van der Waals surface area contributed by atoms with Crippen LogP contribution in [0.15, 0.2) is 12.1 Å². The highest BCUT2D eigenvalue weighted by Crippen LogP contribution is 2.38. The quantitative estimate of drug-likeness (QED) is 0.891. The predicted octanol–water partition coefficient (Wildman–Crippen LogP) is 1.97. The summed E-state index contributed by atoms with van der Waals surface area (Å²) in [4.78, 5) is 12.1. The van der Waals surface area contributed by atoms with Crippen LogP contribution in [0.4, 0.5) is 0 Å². The van der Waals surface area contributed by atoms with E-state index in [4.69, 9.17) is 9.47 Å². The smallest absolute Gasteiger partial charge is 0.166 e. The number of Topliss-reactive ketones (excluding diaryl/α,β-unsaturated/α-hetero) is 1. The Labute approximate surface area is 107 Å². The number of carbonyl (C=O) groups excluding carboxylic acids is 1. The van der Waals surface area contributed by atoms with Crippen LogP contribution in [0, 0.1) is 0 Å². The van der Waals surface area contributed by atoms with Crippen molar-refractivity contribution in [3.63, 3.8) is 0 Å². The topological polar surface area (TPSA) is 55.8 Å². The molecule has 0 saturated carbocycles. The molecular formula is C14H18O4. The van der Waals surface area contributed by atoms with Gasteiger partial charge in [-0.2, -0.15) is 0 Å². The normalized spacial score (nSPS) is 22.6. The Morgan fingerprint density at radius 1 is 1.28 bits per heavy atom. The molecule has 1 aromatic carbocycles.